The largest absolute Gasteiger partial charge is 0.383 e. The SMILES string of the molecule is CCCN(CCC)S(=O)(=O)c1cccc(NC)c1[N+](=O)[O-]. The van der Waals surface area contributed by atoms with Crippen LogP contribution in [0.3, 0.4) is 0 Å². The van der Waals surface area contributed by atoms with Crippen LogP contribution in [0.2, 0.25) is 0 Å². The second kappa shape index (κ2) is 7.37. The minimum atomic E-state index is -3.88. The van der Waals surface area contributed by atoms with E-state index in [4.69, 9.17) is 0 Å². The van der Waals surface area contributed by atoms with Gasteiger partial charge < -0.3 is 5.32 Å². The van der Waals surface area contributed by atoms with Crippen molar-refractivity contribution in [1.29, 1.82) is 0 Å². The highest BCUT2D eigenvalue weighted by molar-refractivity contribution is 7.89. The highest BCUT2D eigenvalue weighted by Crippen LogP contribution is 2.33. The van der Waals surface area contributed by atoms with Gasteiger partial charge in [-0.15, -0.1) is 0 Å². The number of nitro benzene ring substituents is 1. The van der Waals surface area contributed by atoms with E-state index in [2.05, 4.69) is 5.32 Å². The Kier molecular flexibility index (Phi) is 6.10. The Bertz CT molecular complexity index is 595. The Morgan fingerprint density at radius 3 is 2.24 bits per heavy atom. The molecule has 21 heavy (non-hydrogen) atoms. The summed E-state index contributed by atoms with van der Waals surface area (Å²) in [6.07, 6.45) is 1.30. The van der Waals surface area contributed by atoms with Crippen LogP contribution >= 0.6 is 0 Å². The lowest BCUT2D eigenvalue weighted by molar-refractivity contribution is -0.386. The summed E-state index contributed by atoms with van der Waals surface area (Å²) in [4.78, 5) is 10.3. The fourth-order valence-electron chi connectivity index (χ4n) is 2.11. The molecule has 7 nitrogen and oxygen atoms in total. The maximum Gasteiger partial charge on any atom is 0.312 e. The van der Waals surface area contributed by atoms with Gasteiger partial charge in [0.05, 0.1) is 4.92 Å². The summed E-state index contributed by atoms with van der Waals surface area (Å²) >= 11 is 0. The normalized spacial score (nSPS) is 11.6. The van der Waals surface area contributed by atoms with E-state index in [1.165, 1.54) is 29.6 Å². The zero-order chi connectivity index (χ0) is 16.0. The molecule has 0 aliphatic carbocycles. The third-order valence-electron chi connectivity index (χ3n) is 3.01. The predicted molar refractivity (Wildman–Crippen MR) is 82.0 cm³/mol. The van der Waals surface area contributed by atoms with Gasteiger partial charge in [0.25, 0.3) is 0 Å². The van der Waals surface area contributed by atoms with Crippen LogP contribution in [0, 0.1) is 10.1 Å². The number of nitro groups is 1. The van der Waals surface area contributed by atoms with E-state index in [-0.39, 0.29) is 10.6 Å². The molecular weight excluding hydrogens is 294 g/mol. The first-order valence-electron chi connectivity index (χ1n) is 6.85. The Labute approximate surface area is 125 Å². The number of hydrogen-bond acceptors (Lipinski definition) is 5. The topological polar surface area (TPSA) is 92.6 Å². The second-order valence-electron chi connectivity index (χ2n) is 4.56. The first-order chi connectivity index (χ1) is 9.89. The number of rotatable bonds is 8. The van der Waals surface area contributed by atoms with Crippen LogP contribution < -0.4 is 5.32 Å². The van der Waals surface area contributed by atoms with E-state index in [1.807, 2.05) is 13.8 Å². The van der Waals surface area contributed by atoms with Crippen molar-refractivity contribution in [3.63, 3.8) is 0 Å². The molecular formula is C13H21N3O4S. The number of sulfonamides is 1. The number of benzene rings is 1. The summed E-state index contributed by atoms with van der Waals surface area (Å²) in [7, 11) is -2.36. The summed E-state index contributed by atoms with van der Waals surface area (Å²) in [6.45, 7) is 4.43. The molecule has 0 bridgehead atoms. The molecule has 1 N–H and O–H groups in total. The van der Waals surface area contributed by atoms with E-state index in [0.29, 0.717) is 25.9 Å². The maximum atomic E-state index is 12.7. The number of para-hydroxylation sites is 1. The summed E-state index contributed by atoms with van der Waals surface area (Å²) in [5.41, 5.74) is -0.216. The maximum absolute atomic E-state index is 12.7. The van der Waals surface area contributed by atoms with Crippen LogP contribution in [0.4, 0.5) is 11.4 Å². The molecule has 0 unspecified atom stereocenters. The number of anilines is 1. The lowest BCUT2D eigenvalue weighted by Crippen LogP contribution is -2.33. The van der Waals surface area contributed by atoms with E-state index >= 15 is 0 Å². The van der Waals surface area contributed by atoms with Gasteiger partial charge in [-0.2, -0.15) is 4.31 Å². The molecule has 0 radical (unpaired) electrons. The van der Waals surface area contributed by atoms with Crippen LogP contribution in [-0.4, -0.2) is 37.8 Å². The van der Waals surface area contributed by atoms with Crippen molar-refractivity contribution < 1.29 is 13.3 Å². The molecule has 0 saturated carbocycles. The van der Waals surface area contributed by atoms with Crippen LogP contribution in [0.5, 0.6) is 0 Å². The molecule has 0 aliphatic rings. The van der Waals surface area contributed by atoms with Crippen LogP contribution in [-0.2, 0) is 10.0 Å². The summed E-state index contributed by atoms with van der Waals surface area (Å²) in [5, 5.41) is 13.9. The van der Waals surface area contributed by atoms with Crippen LogP contribution in [0.1, 0.15) is 26.7 Å². The second-order valence-corrected chi connectivity index (χ2v) is 6.47. The fourth-order valence-corrected chi connectivity index (χ4v) is 3.91. The first kappa shape index (κ1) is 17.4. The monoisotopic (exact) mass is 315 g/mol. The molecule has 0 saturated heterocycles. The van der Waals surface area contributed by atoms with Crippen LogP contribution in [0.25, 0.3) is 0 Å². The fraction of sp³-hybridized carbons (Fsp3) is 0.538. The molecule has 0 aliphatic heterocycles. The van der Waals surface area contributed by atoms with Crippen LogP contribution in [0.15, 0.2) is 23.1 Å². The number of nitrogens with zero attached hydrogens (tertiary/aromatic N) is 2. The Morgan fingerprint density at radius 2 is 1.81 bits per heavy atom. The molecule has 0 atom stereocenters. The van der Waals surface area contributed by atoms with Crippen molar-refractivity contribution in [2.45, 2.75) is 31.6 Å². The van der Waals surface area contributed by atoms with E-state index in [9.17, 15) is 18.5 Å². The van der Waals surface area contributed by atoms with Gasteiger partial charge in [0.1, 0.15) is 5.69 Å². The summed E-state index contributed by atoms with van der Waals surface area (Å²) in [5.74, 6) is 0. The highest BCUT2D eigenvalue weighted by Gasteiger charge is 2.32. The Morgan fingerprint density at radius 1 is 1.24 bits per heavy atom. The van der Waals surface area contributed by atoms with Crippen molar-refractivity contribution in [1.82, 2.24) is 4.31 Å². The molecule has 118 valence electrons. The molecule has 1 aromatic carbocycles. The van der Waals surface area contributed by atoms with Crippen molar-refractivity contribution >= 4 is 21.4 Å². The number of hydrogen-bond donors (Lipinski definition) is 1. The van der Waals surface area contributed by atoms with Gasteiger partial charge in [0, 0.05) is 20.1 Å². The van der Waals surface area contributed by atoms with Crippen molar-refractivity contribution in [3.8, 4) is 0 Å². The van der Waals surface area contributed by atoms with Gasteiger partial charge in [-0.3, -0.25) is 10.1 Å². The molecule has 1 aromatic rings. The lowest BCUT2D eigenvalue weighted by atomic mass is 10.3. The smallest absolute Gasteiger partial charge is 0.312 e. The Balaban J connectivity index is 3.46. The van der Waals surface area contributed by atoms with Crippen molar-refractivity contribution in [2.24, 2.45) is 0 Å². The van der Waals surface area contributed by atoms with Gasteiger partial charge in [-0.05, 0) is 25.0 Å². The van der Waals surface area contributed by atoms with Gasteiger partial charge in [-0.25, -0.2) is 8.42 Å². The molecule has 0 fully saturated rings. The zero-order valence-electron chi connectivity index (χ0n) is 12.5. The van der Waals surface area contributed by atoms with E-state index in [1.54, 1.807) is 0 Å². The Hall–Kier alpha value is -1.67. The average Bonchev–Trinajstić information content (AvgIpc) is 2.45. The summed E-state index contributed by atoms with van der Waals surface area (Å²) < 4.78 is 26.7. The minimum absolute atomic E-state index is 0.189. The standard InChI is InChI=1S/C13H21N3O4S/c1-4-9-15(10-5-2)21(19,20)12-8-6-7-11(14-3)13(12)16(17)18/h6-8,14H,4-5,9-10H2,1-3H3. The third-order valence-corrected chi connectivity index (χ3v) is 4.94. The molecule has 1 rings (SSSR count). The van der Waals surface area contributed by atoms with E-state index < -0.39 is 20.6 Å². The van der Waals surface area contributed by atoms with Gasteiger partial charge in [-0.1, -0.05) is 19.9 Å². The van der Waals surface area contributed by atoms with Gasteiger partial charge in [0.15, 0.2) is 4.90 Å². The van der Waals surface area contributed by atoms with Crippen molar-refractivity contribution in [3.05, 3.63) is 28.3 Å². The third kappa shape index (κ3) is 3.70. The lowest BCUT2D eigenvalue weighted by Gasteiger charge is -2.21. The average molecular weight is 315 g/mol. The van der Waals surface area contributed by atoms with Gasteiger partial charge >= 0.3 is 5.69 Å². The van der Waals surface area contributed by atoms with E-state index in [0.717, 1.165) is 0 Å². The molecule has 8 heteroatoms. The molecule has 0 heterocycles. The summed E-state index contributed by atoms with van der Waals surface area (Å²) in [6, 6.07) is 4.27. The first-order valence-corrected chi connectivity index (χ1v) is 8.29. The van der Waals surface area contributed by atoms with Crippen molar-refractivity contribution in [2.75, 3.05) is 25.5 Å². The highest BCUT2D eigenvalue weighted by atomic mass is 32.2. The predicted octanol–water partition coefficient (Wildman–Crippen LogP) is 2.45. The molecule has 0 amide bonds. The zero-order valence-corrected chi connectivity index (χ0v) is 13.3. The minimum Gasteiger partial charge on any atom is -0.383 e. The quantitative estimate of drug-likeness (QED) is 0.587. The molecule has 0 spiro atoms. The molecule has 0 aromatic heterocycles. The van der Waals surface area contributed by atoms with Gasteiger partial charge in [0.2, 0.25) is 10.0 Å². The number of nitrogens with one attached hydrogen (secondary N) is 1.